The maximum atomic E-state index is 12.4. The molecule has 0 saturated carbocycles. The number of aromatic nitrogens is 4. The fraction of sp³-hybridized carbons (Fsp3) is 0.353. The van der Waals surface area contributed by atoms with E-state index in [-0.39, 0.29) is 11.9 Å². The molecule has 3 heterocycles. The Balaban J connectivity index is 1.70. The van der Waals surface area contributed by atoms with Gasteiger partial charge in [-0.15, -0.1) is 0 Å². The average molecular weight is 311 g/mol. The minimum Gasteiger partial charge on any atom is -0.349 e. The first-order valence-electron chi connectivity index (χ1n) is 7.69. The van der Waals surface area contributed by atoms with Crippen LogP contribution in [-0.2, 0) is 11.3 Å². The van der Waals surface area contributed by atoms with Crippen LogP contribution in [-0.4, -0.2) is 25.1 Å². The lowest BCUT2D eigenvalue weighted by molar-refractivity contribution is -0.124. The molecule has 3 aromatic heterocycles. The van der Waals surface area contributed by atoms with Crippen molar-refractivity contribution in [1.29, 1.82) is 0 Å². The third-order valence-corrected chi connectivity index (χ3v) is 3.96. The summed E-state index contributed by atoms with van der Waals surface area (Å²) in [6.07, 6.45) is 3.90. The van der Waals surface area contributed by atoms with Crippen LogP contribution in [0.4, 0.5) is 0 Å². The molecule has 0 aliphatic rings. The van der Waals surface area contributed by atoms with Gasteiger partial charge in [-0.3, -0.25) is 9.48 Å². The molecule has 0 radical (unpaired) electrons. The Morgan fingerprint density at radius 1 is 1.35 bits per heavy atom. The molecule has 1 amide bonds. The Labute approximate surface area is 135 Å². The van der Waals surface area contributed by atoms with E-state index >= 15 is 0 Å². The zero-order valence-corrected chi connectivity index (χ0v) is 13.9. The van der Waals surface area contributed by atoms with Crippen molar-refractivity contribution < 1.29 is 4.79 Å². The summed E-state index contributed by atoms with van der Waals surface area (Å²) in [5.74, 6) is -0.0648. The van der Waals surface area contributed by atoms with Crippen molar-refractivity contribution in [2.24, 2.45) is 0 Å². The van der Waals surface area contributed by atoms with Gasteiger partial charge in [0.1, 0.15) is 11.7 Å². The number of pyridine rings is 1. The third-order valence-electron chi connectivity index (χ3n) is 3.96. The fourth-order valence-electron chi connectivity index (χ4n) is 2.76. The Morgan fingerprint density at radius 3 is 2.78 bits per heavy atom. The molecule has 6 heteroatoms. The van der Waals surface area contributed by atoms with Crippen molar-refractivity contribution in [2.75, 3.05) is 0 Å². The Hall–Kier alpha value is -2.63. The van der Waals surface area contributed by atoms with Gasteiger partial charge in [0.15, 0.2) is 0 Å². The van der Waals surface area contributed by atoms with E-state index in [1.54, 1.807) is 4.68 Å². The number of carbonyl (C=O) groups is 1. The topological polar surface area (TPSA) is 64.2 Å². The highest BCUT2D eigenvalue weighted by molar-refractivity contribution is 5.79. The normalized spacial score (nSPS) is 12.5. The second-order valence-corrected chi connectivity index (χ2v) is 5.92. The first-order valence-corrected chi connectivity index (χ1v) is 7.69. The van der Waals surface area contributed by atoms with Crippen LogP contribution in [0.25, 0.3) is 5.65 Å². The molecule has 120 valence electrons. The van der Waals surface area contributed by atoms with Gasteiger partial charge in [-0.05, 0) is 45.4 Å². The largest absolute Gasteiger partial charge is 0.349 e. The number of imidazole rings is 1. The molecule has 0 bridgehead atoms. The SMILES string of the molecule is Cc1cc(C)n(C(C)C(=O)NCc2cn3cccc(C)c3n2)n1. The van der Waals surface area contributed by atoms with E-state index < -0.39 is 0 Å². The van der Waals surface area contributed by atoms with E-state index in [2.05, 4.69) is 15.4 Å². The van der Waals surface area contributed by atoms with Crippen LogP contribution in [0.1, 0.15) is 35.6 Å². The van der Waals surface area contributed by atoms with Gasteiger partial charge in [-0.25, -0.2) is 4.98 Å². The van der Waals surface area contributed by atoms with Crippen molar-refractivity contribution in [3.63, 3.8) is 0 Å². The Morgan fingerprint density at radius 2 is 2.13 bits per heavy atom. The molecule has 0 saturated heterocycles. The van der Waals surface area contributed by atoms with Crippen LogP contribution in [0.15, 0.2) is 30.6 Å². The monoisotopic (exact) mass is 311 g/mol. The maximum Gasteiger partial charge on any atom is 0.244 e. The number of carbonyl (C=O) groups excluding carboxylic acids is 1. The minimum absolute atomic E-state index is 0.0648. The highest BCUT2D eigenvalue weighted by Gasteiger charge is 2.17. The van der Waals surface area contributed by atoms with E-state index in [1.165, 1.54) is 0 Å². The number of hydrogen-bond acceptors (Lipinski definition) is 3. The van der Waals surface area contributed by atoms with Crippen molar-refractivity contribution >= 4 is 11.6 Å². The molecular formula is C17H21N5O. The Bertz CT molecular complexity index is 861. The summed E-state index contributed by atoms with van der Waals surface area (Å²) in [5, 5.41) is 7.31. The van der Waals surface area contributed by atoms with E-state index in [1.807, 2.05) is 62.7 Å². The molecule has 0 fully saturated rings. The van der Waals surface area contributed by atoms with Crippen LogP contribution in [0.2, 0.25) is 0 Å². The molecule has 1 atom stereocenters. The van der Waals surface area contributed by atoms with Gasteiger partial charge in [0.25, 0.3) is 0 Å². The molecule has 0 aliphatic carbocycles. The molecule has 3 aromatic rings. The number of hydrogen-bond donors (Lipinski definition) is 1. The van der Waals surface area contributed by atoms with Crippen molar-refractivity contribution in [3.05, 3.63) is 53.2 Å². The van der Waals surface area contributed by atoms with Crippen molar-refractivity contribution in [3.8, 4) is 0 Å². The smallest absolute Gasteiger partial charge is 0.244 e. The molecule has 0 spiro atoms. The van der Waals surface area contributed by atoms with Gasteiger partial charge in [0.2, 0.25) is 5.91 Å². The van der Waals surface area contributed by atoms with E-state index in [0.717, 1.165) is 28.3 Å². The van der Waals surface area contributed by atoms with E-state index in [0.29, 0.717) is 6.54 Å². The third kappa shape index (κ3) is 2.97. The maximum absolute atomic E-state index is 12.4. The summed E-state index contributed by atoms with van der Waals surface area (Å²) in [5.41, 5.74) is 4.77. The molecule has 3 rings (SSSR count). The molecule has 0 aliphatic heterocycles. The van der Waals surface area contributed by atoms with E-state index in [9.17, 15) is 4.79 Å². The number of nitrogens with one attached hydrogen (secondary N) is 1. The predicted molar refractivity (Wildman–Crippen MR) is 88.2 cm³/mol. The van der Waals surface area contributed by atoms with Crippen LogP contribution in [0.5, 0.6) is 0 Å². The Kier molecular flexibility index (Phi) is 3.90. The molecule has 23 heavy (non-hydrogen) atoms. The van der Waals surface area contributed by atoms with Gasteiger partial charge in [-0.1, -0.05) is 6.07 Å². The highest BCUT2D eigenvalue weighted by Crippen LogP contribution is 2.12. The summed E-state index contributed by atoms with van der Waals surface area (Å²) >= 11 is 0. The molecular weight excluding hydrogens is 290 g/mol. The summed E-state index contributed by atoms with van der Waals surface area (Å²) in [7, 11) is 0. The lowest BCUT2D eigenvalue weighted by Gasteiger charge is -2.13. The van der Waals surface area contributed by atoms with Gasteiger partial charge in [0, 0.05) is 18.1 Å². The number of aryl methyl sites for hydroxylation is 3. The van der Waals surface area contributed by atoms with Crippen LogP contribution in [0.3, 0.4) is 0 Å². The van der Waals surface area contributed by atoms with Gasteiger partial charge >= 0.3 is 0 Å². The van der Waals surface area contributed by atoms with Gasteiger partial charge in [0.05, 0.1) is 17.9 Å². The van der Waals surface area contributed by atoms with Crippen LogP contribution >= 0.6 is 0 Å². The number of rotatable bonds is 4. The fourth-order valence-corrected chi connectivity index (χ4v) is 2.76. The first-order chi connectivity index (χ1) is 11.0. The minimum atomic E-state index is -0.345. The zero-order chi connectivity index (χ0) is 16.6. The number of nitrogens with zero attached hydrogens (tertiary/aromatic N) is 4. The summed E-state index contributed by atoms with van der Waals surface area (Å²) in [6.45, 7) is 8.16. The number of amides is 1. The second kappa shape index (κ2) is 5.87. The molecule has 1 N–H and O–H groups in total. The van der Waals surface area contributed by atoms with Gasteiger partial charge < -0.3 is 9.72 Å². The van der Waals surface area contributed by atoms with Crippen molar-refractivity contribution in [2.45, 2.75) is 40.3 Å². The lowest BCUT2D eigenvalue weighted by atomic mass is 10.3. The summed E-state index contributed by atoms with van der Waals surface area (Å²) in [6, 6.07) is 5.63. The molecule has 6 nitrogen and oxygen atoms in total. The molecule has 1 unspecified atom stereocenters. The first kappa shape index (κ1) is 15.3. The lowest BCUT2D eigenvalue weighted by Crippen LogP contribution is -2.31. The number of fused-ring (bicyclic) bond motifs is 1. The van der Waals surface area contributed by atoms with Crippen molar-refractivity contribution in [1.82, 2.24) is 24.5 Å². The van der Waals surface area contributed by atoms with Crippen LogP contribution < -0.4 is 5.32 Å². The average Bonchev–Trinajstić information content (AvgIpc) is 3.07. The van der Waals surface area contributed by atoms with Gasteiger partial charge in [-0.2, -0.15) is 5.10 Å². The predicted octanol–water partition coefficient (Wildman–Crippen LogP) is 2.33. The summed E-state index contributed by atoms with van der Waals surface area (Å²) < 4.78 is 3.72. The zero-order valence-electron chi connectivity index (χ0n) is 13.9. The summed E-state index contributed by atoms with van der Waals surface area (Å²) in [4.78, 5) is 16.9. The standard InChI is InChI=1S/C17H21N5O/c1-11-6-5-7-21-10-15(19-16(11)21)9-18-17(23)14(4)22-13(3)8-12(2)20-22/h5-8,10,14H,9H2,1-4H3,(H,18,23). The molecule has 0 aromatic carbocycles. The second-order valence-electron chi connectivity index (χ2n) is 5.92. The van der Waals surface area contributed by atoms with Crippen LogP contribution in [0, 0.1) is 20.8 Å². The highest BCUT2D eigenvalue weighted by atomic mass is 16.2. The van der Waals surface area contributed by atoms with E-state index in [4.69, 9.17) is 0 Å². The quantitative estimate of drug-likeness (QED) is 0.804.